The van der Waals surface area contributed by atoms with Crippen molar-refractivity contribution >= 4 is 84.8 Å². The number of halogens is 8. The average Bonchev–Trinajstić information content (AvgIpc) is 3.84. The maximum absolute atomic E-state index is 13.9. The van der Waals surface area contributed by atoms with E-state index in [9.17, 15) is 66.7 Å². The summed E-state index contributed by atoms with van der Waals surface area (Å²) in [6, 6.07) is 28.4. The Morgan fingerprint density at radius 3 is 1.26 bits per heavy atom. The normalized spacial score (nSPS) is 11.9. The first-order valence-electron chi connectivity index (χ1n) is 20.6. The fourth-order valence-electron chi connectivity index (χ4n) is 7.34. The molecular weight excluding hydrogens is 1050 g/mol. The van der Waals surface area contributed by atoms with E-state index in [-0.39, 0.29) is 66.6 Å². The largest absolute Gasteiger partial charge is 1.00 e. The Hall–Kier alpha value is -5.88. The van der Waals surface area contributed by atoms with Gasteiger partial charge in [-0.3, -0.25) is 8.61 Å². The van der Waals surface area contributed by atoms with Gasteiger partial charge in [-0.1, -0.05) is 60.7 Å². The molecule has 0 aliphatic carbocycles. The second-order valence-corrected chi connectivity index (χ2v) is 21.3. The van der Waals surface area contributed by atoms with Gasteiger partial charge in [0.1, 0.15) is 21.6 Å². The predicted octanol–water partition coefficient (Wildman–Crippen LogP) is 8.68. The van der Waals surface area contributed by atoms with Crippen LogP contribution in [-0.4, -0.2) is 35.9 Å². The van der Waals surface area contributed by atoms with Gasteiger partial charge in [-0.15, -0.1) is 22.7 Å². The molecule has 0 radical (unpaired) electrons. The van der Waals surface area contributed by atoms with Gasteiger partial charge in [0.15, 0.2) is 0 Å². The molecule has 370 valence electrons. The van der Waals surface area contributed by atoms with E-state index in [0.717, 1.165) is 76.5 Å². The molecule has 8 aromatic rings. The van der Waals surface area contributed by atoms with Crippen molar-refractivity contribution in [3.05, 3.63) is 190 Å². The molecule has 0 atom stereocenters. The van der Waals surface area contributed by atoms with Crippen LogP contribution in [0.5, 0.6) is 0 Å². The van der Waals surface area contributed by atoms with Gasteiger partial charge in [0.05, 0.1) is 52.6 Å². The van der Waals surface area contributed by atoms with Crippen molar-refractivity contribution in [1.29, 1.82) is 0 Å². The minimum Gasteiger partial charge on any atom is -0.545 e. The number of ether oxygens (including phenoxy) is 1. The molecular formula is C49H35F8N2NaO8S4. The molecule has 2 aromatic heterocycles. The van der Waals surface area contributed by atoms with Crippen LogP contribution in [0.15, 0.2) is 143 Å². The van der Waals surface area contributed by atoms with E-state index >= 15 is 0 Å². The number of hydrogen-bond donors (Lipinski definition) is 0. The molecule has 72 heavy (non-hydrogen) atoms. The molecule has 0 saturated heterocycles. The van der Waals surface area contributed by atoms with Crippen LogP contribution >= 0.6 is 22.7 Å². The SMILES string of the molecule is COC(=O)c1ccc(S(=O)(=O)N(Cc2ccc(F)c(C(F)(F)F)c2)c2sc3ccccc3c2C)cc1.Cc1c(N(Cc2ccc(F)c(C(F)(F)F)c2)S(=O)(=O)c2ccc(C(=O)[O-])cc2)sc2ccccc12.[Na+]. The summed E-state index contributed by atoms with van der Waals surface area (Å²) in [5.41, 5.74) is -1.98. The van der Waals surface area contributed by atoms with E-state index in [2.05, 4.69) is 4.74 Å². The topological polar surface area (TPSA) is 141 Å². The van der Waals surface area contributed by atoms with Crippen molar-refractivity contribution in [2.45, 2.75) is 49.1 Å². The van der Waals surface area contributed by atoms with Crippen LogP contribution in [0.1, 0.15) is 54.1 Å². The quantitative estimate of drug-likeness (QED) is 0.0673. The number of aromatic carboxylic acids is 1. The maximum Gasteiger partial charge on any atom is 1.00 e. The summed E-state index contributed by atoms with van der Waals surface area (Å²) in [4.78, 5) is 22.4. The summed E-state index contributed by atoms with van der Waals surface area (Å²) in [7, 11) is -7.49. The van der Waals surface area contributed by atoms with E-state index in [1.165, 1.54) is 42.7 Å². The van der Waals surface area contributed by atoms with Crippen LogP contribution in [-0.2, 0) is 50.2 Å². The first-order chi connectivity index (χ1) is 33.3. The molecule has 0 aliphatic rings. The first-order valence-corrected chi connectivity index (χ1v) is 25.1. The number of rotatable bonds is 12. The van der Waals surface area contributed by atoms with Gasteiger partial charge in [-0.05, 0) is 125 Å². The molecule has 10 nitrogen and oxygen atoms in total. The van der Waals surface area contributed by atoms with Crippen molar-refractivity contribution in [3.63, 3.8) is 0 Å². The number of methoxy groups -OCH3 is 1. The molecule has 0 bridgehead atoms. The third-order valence-corrected chi connectivity index (χ3v) is 17.3. The summed E-state index contributed by atoms with van der Waals surface area (Å²) in [6.07, 6.45) is -9.90. The number of carboxylic acids is 1. The van der Waals surface area contributed by atoms with Crippen molar-refractivity contribution in [3.8, 4) is 0 Å². The number of nitrogens with zero attached hydrogens (tertiary/aromatic N) is 2. The first kappa shape index (κ1) is 55.4. The number of carboxylic acid groups (broad SMARTS) is 1. The monoisotopic (exact) mass is 1080 g/mol. The number of alkyl halides is 6. The molecule has 0 amide bonds. The third kappa shape index (κ3) is 11.6. The van der Waals surface area contributed by atoms with Crippen molar-refractivity contribution in [2.24, 2.45) is 0 Å². The summed E-state index contributed by atoms with van der Waals surface area (Å²) in [6.45, 7) is 2.43. The smallest absolute Gasteiger partial charge is 0.545 e. The zero-order chi connectivity index (χ0) is 51.8. The molecule has 0 fully saturated rings. The fourth-order valence-corrected chi connectivity index (χ4v) is 13.2. The Balaban J connectivity index is 0.000000232. The number of carbonyl (C=O) groups excluding carboxylic acids is 2. The van der Waals surface area contributed by atoms with Gasteiger partial charge in [-0.2, -0.15) is 26.3 Å². The number of sulfonamides is 2. The zero-order valence-corrected chi connectivity index (χ0v) is 43.2. The van der Waals surface area contributed by atoms with Crippen molar-refractivity contribution in [2.75, 3.05) is 15.7 Å². The Kier molecular flexibility index (Phi) is 16.7. The van der Waals surface area contributed by atoms with Gasteiger partial charge >= 0.3 is 47.9 Å². The molecule has 8 rings (SSSR count). The van der Waals surface area contributed by atoms with E-state index < -0.39 is 80.2 Å². The molecule has 2 heterocycles. The molecule has 0 aliphatic heterocycles. The number of carbonyl (C=O) groups is 2. The number of hydrogen-bond acceptors (Lipinski definition) is 10. The molecule has 0 N–H and O–H groups in total. The minimum atomic E-state index is -4.96. The Morgan fingerprint density at radius 1 is 0.569 bits per heavy atom. The van der Waals surface area contributed by atoms with E-state index in [4.69, 9.17) is 0 Å². The average molecular weight is 1080 g/mol. The second-order valence-electron chi connectivity index (χ2n) is 15.5. The third-order valence-electron chi connectivity index (χ3n) is 11.0. The van der Waals surface area contributed by atoms with E-state index in [1.807, 2.05) is 12.1 Å². The fraction of sp³-hybridized carbons (Fsp3) is 0.143. The molecule has 0 unspecified atom stereocenters. The number of esters is 1. The standard InChI is InChI=1S/C25H19F4NO4S2.C24H17F4NO4S2.Na/c1-15-19-5-3-4-6-22(19)35-23(15)30(14-16-7-12-21(26)20(13-16)25(27,28)29)36(32,33)18-10-8-17(9-11-18)24(31)34-2;1-14-18-4-2-3-5-21(18)34-22(14)29(13-15-6-11-20(25)19(12-15)24(26,27)28)35(32,33)17-9-7-16(8-10-17)23(30)31;/h3-13H,14H2,1-2H3;2-12H,13H2,1H3,(H,30,31);/q;;+1/p-1. The number of benzene rings is 6. The van der Waals surface area contributed by atoms with Gasteiger partial charge in [0.2, 0.25) is 0 Å². The predicted molar refractivity (Wildman–Crippen MR) is 251 cm³/mol. The zero-order valence-electron chi connectivity index (χ0n) is 37.9. The summed E-state index contributed by atoms with van der Waals surface area (Å²) in [5, 5.41) is 13.2. The maximum atomic E-state index is 13.9. The van der Waals surface area contributed by atoms with Crippen LogP contribution in [0.4, 0.5) is 45.1 Å². The van der Waals surface area contributed by atoms with Gasteiger partial charge in [0, 0.05) is 9.40 Å². The van der Waals surface area contributed by atoms with Crippen LogP contribution in [0, 0.1) is 25.5 Å². The molecule has 23 heteroatoms. The van der Waals surface area contributed by atoms with E-state index in [0.29, 0.717) is 40.4 Å². The molecule has 6 aromatic carbocycles. The second kappa shape index (κ2) is 21.7. The minimum absolute atomic E-state index is 0. The Morgan fingerprint density at radius 2 is 0.931 bits per heavy atom. The Bertz CT molecular complexity index is 3550. The van der Waals surface area contributed by atoms with Gasteiger partial charge in [0.25, 0.3) is 20.0 Å². The van der Waals surface area contributed by atoms with Crippen LogP contribution in [0.25, 0.3) is 20.2 Å². The summed E-state index contributed by atoms with van der Waals surface area (Å²) in [5.74, 6) is -5.05. The van der Waals surface area contributed by atoms with E-state index in [1.54, 1.807) is 50.2 Å². The van der Waals surface area contributed by atoms with Crippen LogP contribution in [0.2, 0.25) is 0 Å². The summed E-state index contributed by atoms with van der Waals surface area (Å²) >= 11 is 2.31. The number of anilines is 2. The van der Waals surface area contributed by atoms with Crippen LogP contribution < -0.4 is 43.3 Å². The molecule has 0 spiro atoms. The number of fused-ring (bicyclic) bond motifs is 2. The van der Waals surface area contributed by atoms with Crippen molar-refractivity contribution < 1.29 is 101 Å². The summed E-state index contributed by atoms with van der Waals surface area (Å²) < 4.78 is 171. The number of aryl methyl sites for hydroxylation is 2. The van der Waals surface area contributed by atoms with Crippen LogP contribution in [0.3, 0.4) is 0 Å². The van der Waals surface area contributed by atoms with Gasteiger partial charge in [-0.25, -0.2) is 30.4 Å². The number of thiophene rings is 2. The molecule has 0 saturated carbocycles. The Labute approximate surface area is 437 Å². The van der Waals surface area contributed by atoms with Gasteiger partial charge < -0.3 is 14.6 Å². The van der Waals surface area contributed by atoms with Crippen molar-refractivity contribution in [1.82, 2.24) is 0 Å².